The Bertz CT molecular complexity index is 1040. The van der Waals surface area contributed by atoms with E-state index >= 15 is 0 Å². The monoisotopic (exact) mass is 334 g/mol. The lowest BCUT2D eigenvalue weighted by atomic mass is 10.1. The average molecular weight is 334 g/mol. The SMILES string of the molecule is COc1nn(-c2ccccc2)c(=O)n(Cc2ccc(C#N)cc2)c1=O. The summed E-state index contributed by atoms with van der Waals surface area (Å²) < 4.78 is 7.21. The number of rotatable bonds is 4. The Balaban J connectivity index is 2.13. The van der Waals surface area contributed by atoms with Gasteiger partial charge in [-0.1, -0.05) is 30.3 Å². The fraction of sp³-hybridized carbons (Fsp3) is 0.111. The highest BCUT2D eigenvalue weighted by atomic mass is 16.5. The molecule has 0 aliphatic heterocycles. The molecular weight excluding hydrogens is 320 g/mol. The molecule has 7 heteroatoms. The van der Waals surface area contributed by atoms with Crippen molar-refractivity contribution in [3.63, 3.8) is 0 Å². The van der Waals surface area contributed by atoms with Crippen molar-refractivity contribution in [2.24, 2.45) is 0 Å². The molecule has 0 radical (unpaired) electrons. The van der Waals surface area contributed by atoms with Gasteiger partial charge in [-0.15, -0.1) is 5.10 Å². The van der Waals surface area contributed by atoms with Gasteiger partial charge in [-0.05, 0) is 29.8 Å². The summed E-state index contributed by atoms with van der Waals surface area (Å²) in [5.41, 5.74) is 0.570. The van der Waals surface area contributed by atoms with Gasteiger partial charge < -0.3 is 4.74 Å². The van der Waals surface area contributed by atoms with Crippen LogP contribution in [0.5, 0.6) is 5.88 Å². The predicted octanol–water partition coefficient (Wildman–Crippen LogP) is 1.32. The molecule has 3 rings (SSSR count). The van der Waals surface area contributed by atoms with Crippen molar-refractivity contribution in [3.05, 3.63) is 86.6 Å². The topological polar surface area (TPSA) is 89.9 Å². The zero-order valence-electron chi connectivity index (χ0n) is 13.4. The Morgan fingerprint density at radius 1 is 1.08 bits per heavy atom. The highest BCUT2D eigenvalue weighted by Crippen LogP contribution is 2.06. The molecule has 0 fully saturated rings. The predicted molar refractivity (Wildman–Crippen MR) is 90.9 cm³/mol. The molecule has 0 unspecified atom stereocenters. The van der Waals surface area contributed by atoms with Crippen molar-refractivity contribution in [2.75, 3.05) is 7.11 Å². The summed E-state index contributed by atoms with van der Waals surface area (Å²) in [6.45, 7) is 0.0507. The molecule has 0 saturated heterocycles. The van der Waals surface area contributed by atoms with Gasteiger partial charge in [0.2, 0.25) is 0 Å². The second-order valence-corrected chi connectivity index (χ2v) is 5.24. The molecule has 0 spiro atoms. The Hall–Kier alpha value is -3.66. The molecule has 2 aromatic carbocycles. The number of hydrogen-bond donors (Lipinski definition) is 0. The van der Waals surface area contributed by atoms with Crippen LogP contribution < -0.4 is 16.0 Å². The minimum atomic E-state index is -0.607. The smallest absolute Gasteiger partial charge is 0.352 e. The van der Waals surface area contributed by atoms with Crippen LogP contribution in [0.4, 0.5) is 0 Å². The van der Waals surface area contributed by atoms with Crippen LogP contribution >= 0.6 is 0 Å². The standard InChI is InChI=1S/C18H14N4O3/c1-25-16-17(23)21(12-14-9-7-13(11-19)8-10-14)18(24)22(20-16)15-5-3-2-4-6-15/h2-10H,12H2,1H3. The molecule has 0 atom stereocenters. The van der Waals surface area contributed by atoms with Crippen LogP contribution in [0, 0.1) is 11.3 Å². The number of ether oxygens (including phenoxy) is 1. The number of hydrogen-bond acceptors (Lipinski definition) is 5. The van der Waals surface area contributed by atoms with Gasteiger partial charge in [0, 0.05) is 0 Å². The van der Waals surface area contributed by atoms with E-state index in [0.29, 0.717) is 16.8 Å². The molecule has 0 saturated carbocycles. The summed E-state index contributed by atoms with van der Waals surface area (Å²) >= 11 is 0. The van der Waals surface area contributed by atoms with Gasteiger partial charge in [-0.3, -0.25) is 4.79 Å². The summed E-state index contributed by atoms with van der Waals surface area (Å²) in [6.07, 6.45) is 0. The van der Waals surface area contributed by atoms with Crippen LogP contribution in [0.2, 0.25) is 0 Å². The lowest BCUT2D eigenvalue weighted by molar-refractivity contribution is 0.367. The van der Waals surface area contributed by atoms with Crippen molar-refractivity contribution < 1.29 is 4.74 Å². The molecule has 124 valence electrons. The number of benzene rings is 2. The minimum Gasteiger partial charge on any atom is -0.476 e. The maximum atomic E-state index is 12.7. The molecule has 0 amide bonds. The summed E-state index contributed by atoms with van der Waals surface area (Å²) in [5.74, 6) is -0.169. The van der Waals surface area contributed by atoms with E-state index in [4.69, 9.17) is 10.00 Å². The van der Waals surface area contributed by atoms with Crippen molar-refractivity contribution in [2.45, 2.75) is 6.54 Å². The number of methoxy groups -OCH3 is 1. The van der Waals surface area contributed by atoms with Gasteiger partial charge in [-0.2, -0.15) is 9.94 Å². The third-order valence-electron chi connectivity index (χ3n) is 3.65. The number of nitriles is 1. The third-order valence-corrected chi connectivity index (χ3v) is 3.65. The van der Waals surface area contributed by atoms with Gasteiger partial charge in [0.1, 0.15) is 0 Å². The maximum absolute atomic E-state index is 12.7. The van der Waals surface area contributed by atoms with Crippen LogP contribution in [-0.4, -0.2) is 21.5 Å². The largest absolute Gasteiger partial charge is 0.476 e. The summed E-state index contributed by atoms with van der Waals surface area (Å²) in [6, 6.07) is 17.5. The second kappa shape index (κ2) is 6.84. The van der Waals surface area contributed by atoms with Gasteiger partial charge in [0.25, 0.3) is 5.88 Å². The zero-order valence-corrected chi connectivity index (χ0v) is 13.4. The highest BCUT2D eigenvalue weighted by Gasteiger charge is 2.15. The number of nitrogens with zero attached hydrogens (tertiary/aromatic N) is 4. The lowest BCUT2D eigenvalue weighted by Gasteiger charge is -2.11. The molecule has 0 bridgehead atoms. The van der Waals surface area contributed by atoms with E-state index < -0.39 is 11.2 Å². The molecule has 1 aromatic heterocycles. The Morgan fingerprint density at radius 3 is 2.36 bits per heavy atom. The first-order valence-electron chi connectivity index (χ1n) is 7.46. The molecule has 0 aliphatic carbocycles. The normalized spacial score (nSPS) is 10.2. The van der Waals surface area contributed by atoms with Crippen molar-refractivity contribution >= 4 is 0 Å². The number of aromatic nitrogens is 3. The van der Waals surface area contributed by atoms with Gasteiger partial charge >= 0.3 is 11.2 Å². The van der Waals surface area contributed by atoms with Gasteiger partial charge in [0.05, 0.1) is 31.0 Å². The lowest BCUT2D eigenvalue weighted by Crippen LogP contribution is -2.41. The van der Waals surface area contributed by atoms with Crippen LogP contribution in [0.3, 0.4) is 0 Å². The van der Waals surface area contributed by atoms with Crippen LogP contribution in [0.1, 0.15) is 11.1 Å². The van der Waals surface area contributed by atoms with Crippen molar-refractivity contribution in [1.29, 1.82) is 5.26 Å². The first-order chi connectivity index (χ1) is 12.1. The van der Waals surface area contributed by atoms with Crippen molar-refractivity contribution in [3.8, 4) is 17.6 Å². The van der Waals surface area contributed by atoms with E-state index in [2.05, 4.69) is 5.10 Å². The Kier molecular flexibility index (Phi) is 4.44. The Morgan fingerprint density at radius 2 is 1.76 bits per heavy atom. The molecule has 1 heterocycles. The molecular formula is C18H14N4O3. The molecule has 25 heavy (non-hydrogen) atoms. The summed E-state index contributed by atoms with van der Waals surface area (Å²) in [7, 11) is 1.33. The first kappa shape index (κ1) is 16.2. The molecule has 7 nitrogen and oxygen atoms in total. The Labute approximate surface area is 143 Å². The van der Waals surface area contributed by atoms with E-state index in [1.165, 1.54) is 7.11 Å². The molecule has 3 aromatic rings. The minimum absolute atomic E-state index is 0.0507. The van der Waals surface area contributed by atoms with E-state index in [0.717, 1.165) is 9.25 Å². The van der Waals surface area contributed by atoms with E-state index in [9.17, 15) is 9.59 Å². The van der Waals surface area contributed by atoms with Gasteiger partial charge in [0.15, 0.2) is 0 Å². The summed E-state index contributed by atoms with van der Waals surface area (Å²) in [4.78, 5) is 25.2. The van der Waals surface area contributed by atoms with Crippen molar-refractivity contribution in [1.82, 2.24) is 14.3 Å². The molecule has 0 aliphatic rings. The first-order valence-corrected chi connectivity index (χ1v) is 7.46. The fourth-order valence-electron chi connectivity index (χ4n) is 2.37. The maximum Gasteiger partial charge on any atom is 0.352 e. The van der Waals surface area contributed by atoms with E-state index in [1.807, 2.05) is 12.1 Å². The number of para-hydroxylation sites is 1. The van der Waals surface area contributed by atoms with Gasteiger partial charge in [-0.25, -0.2) is 9.36 Å². The van der Waals surface area contributed by atoms with E-state index in [1.54, 1.807) is 48.5 Å². The van der Waals surface area contributed by atoms with E-state index in [-0.39, 0.29) is 12.4 Å². The highest BCUT2D eigenvalue weighted by molar-refractivity contribution is 5.32. The zero-order chi connectivity index (χ0) is 17.8. The second-order valence-electron chi connectivity index (χ2n) is 5.24. The quantitative estimate of drug-likeness (QED) is 0.718. The summed E-state index contributed by atoms with van der Waals surface area (Å²) in [5, 5.41) is 12.8. The van der Waals surface area contributed by atoms with Crippen LogP contribution in [-0.2, 0) is 6.54 Å². The van der Waals surface area contributed by atoms with Crippen LogP contribution in [0.15, 0.2) is 64.2 Å². The fourth-order valence-corrected chi connectivity index (χ4v) is 2.37. The average Bonchev–Trinajstić information content (AvgIpc) is 2.66. The molecule has 0 N–H and O–H groups in total. The third kappa shape index (κ3) is 3.19. The van der Waals surface area contributed by atoms with Crippen LogP contribution in [0.25, 0.3) is 5.69 Å².